The number of carbonyl (C=O) groups excluding carboxylic acids is 1. The Morgan fingerprint density at radius 1 is 1.18 bits per heavy atom. The molecule has 34 heavy (non-hydrogen) atoms. The summed E-state index contributed by atoms with van der Waals surface area (Å²) in [5.41, 5.74) is 2.37. The van der Waals surface area contributed by atoms with Crippen molar-refractivity contribution in [2.24, 2.45) is 0 Å². The van der Waals surface area contributed by atoms with Gasteiger partial charge in [0, 0.05) is 38.3 Å². The fourth-order valence-electron chi connectivity index (χ4n) is 5.10. The summed E-state index contributed by atoms with van der Waals surface area (Å²) in [5, 5.41) is 3.25. The summed E-state index contributed by atoms with van der Waals surface area (Å²) in [7, 11) is 3.65. The maximum Gasteiger partial charge on any atom is 0.260 e. The Kier molecular flexibility index (Phi) is 8.06. The Morgan fingerprint density at radius 3 is 2.62 bits per heavy atom. The van der Waals surface area contributed by atoms with E-state index in [2.05, 4.69) is 36.3 Å². The molecule has 2 aliphatic rings. The lowest BCUT2D eigenvalue weighted by atomic mass is 9.97. The van der Waals surface area contributed by atoms with Crippen LogP contribution in [-0.4, -0.2) is 68.7 Å². The minimum absolute atomic E-state index is 0.0418. The van der Waals surface area contributed by atoms with Gasteiger partial charge in [0.15, 0.2) is 18.2 Å². The normalized spacial score (nSPS) is 21.5. The van der Waals surface area contributed by atoms with Crippen molar-refractivity contribution < 1.29 is 18.7 Å². The largest absolute Gasteiger partial charge is 0.494 e. The molecule has 184 valence electrons. The van der Waals surface area contributed by atoms with E-state index in [1.807, 2.05) is 23.1 Å². The van der Waals surface area contributed by atoms with E-state index in [0.29, 0.717) is 17.7 Å². The van der Waals surface area contributed by atoms with Crippen molar-refractivity contribution in [2.75, 3.05) is 46.9 Å². The van der Waals surface area contributed by atoms with Crippen LogP contribution >= 0.6 is 0 Å². The van der Waals surface area contributed by atoms with E-state index >= 15 is 0 Å². The molecule has 1 aliphatic carbocycles. The molecule has 1 saturated heterocycles. The Morgan fingerprint density at radius 2 is 1.91 bits per heavy atom. The summed E-state index contributed by atoms with van der Waals surface area (Å²) >= 11 is 0. The lowest BCUT2D eigenvalue weighted by Gasteiger charge is -2.31. The maximum atomic E-state index is 13.8. The average molecular weight is 470 g/mol. The molecule has 2 fully saturated rings. The van der Waals surface area contributed by atoms with E-state index in [1.54, 1.807) is 6.07 Å². The highest BCUT2D eigenvalue weighted by Crippen LogP contribution is 2.39. The van der Waals surface area contributed by atoms with Gasteiger partial charge in [0.2, 0.25) is 0 Å². The smallest absolute Gasteiger partial charge is 0.260 e. The van der Waals surface area contributed by atoms with Gasteiger partial charge in [-0.2, -0.15) is 0 Å². The van der Waals surface area contributed by atoms with E-state index < -0.39 is 0 Å². The molecule has 2 aromatic rings. The Labute approximate surface area is 202 Å². The predicted molar refractivity (Wildman–Crippen MR) is 131 cm³/mol. The zero-order valence-corrected chi connectivity index (χ0v) is 20.4. The first kappa shape index (κ1) is 24.5. The highest BCUT2D eigenvalue weighted by Gasteiger charge is 2.31. The number of hydrogen-bond donors (Lipinski definition) is 1. The number of halogens is 1. The fourth-order valence-corrected chi connectivity index (χ4v) is 5.10. The van der Waals surface area contributed by atoms with Gasteiger partial charge in [-0.15, -0.1) is 0 Å². The van der Waals surface area contributed by atoms with E-state index in [-0.39, 0.29) is 24.4 Å². The molecule has 6 nitrogen and oxygen atoms in total. The molecule has 1 aliphatic heterocycles. The van der Waals surface area contributed by atoms with E-state index in [9.17, 15) is 9.18 Å². The summed E-state index contributed by atoms with van der Waals surface area (Å²) < 4.78 is 24.7. The maximum absolute atomic E-state index is 13.8. The van der Waals surface area contributed by atoms with E-state index in [0.717, 1.165) is 56.8 Å². The number of hydrogen-bond acceptors (Lipinski definition) is 5. The van der Waals surface area contributed by atoms with Gasteiger partial charge in [-0.05, 0) is 74.5 Å². The number of nitrogens with zero attached hydrogens (tertiary/aromatic N) is 2. The van der Waals surface area contributed by atoms with Gasteiger partial charge in [0.05, 0.1) is 7.11 Å². The standard InChI is InChI=1S/C27H36FN3O3/c1-19(21-7-11-25(28)26(17-21)33-3)30(2)23-8-4-22(16-23)20-5-9-24(10-6-20)34-18-27(32)31-14-12-29-13-15-31/h5-7,9-11,17,19,22-23,29H,4,8,12-16,18H2,1-3H3. The molecule has 4 rings (SSSR count). The first-order valence-electron chi connectivity index (χ1n) is 12.2. The quantitative estimate of drug-likeness (QED) is 0.634. The molecule has 3 atom stereocenters. The van der Waals surface area contributed by atoms with Crippen LogP contribution in [0.3, 0.4) is 0 Å². The number of piperazine rings is 1. The number of benzene rings is 2. The Balaban J connectivity index is 1.30. The van der Waals surface area contributed by atoms with E-state index in [4.69, 9.17) is 9.47 Å². The monoisotopic (exact) mass is 469 g/mol. The predicted octanol–water partition coefficient (Wildman–Crippen LogP) is 3.97. The number of amides is 1. The minimum atomic E-state index is -0.331. The highest BCUT2D eigenvalue weighted by atomic mass is 19.1. The van der Waals surface area contributed by atoms with Crippen LogP contribution in [0, 0.1) is 5.82 Å². The molecule has 1 N–H and O–H groups in total. The second-order valence-corrected chi connectivity index (χ2v) is 9.39. The van der Waals surface area contributed by atoms with Gasteiger partial charge in [-0.3, -0.25) is 9.69 Å². The van der Waals surface area contributed by atoms with Crippen LogP contribution in [0.4, 0.5) is 4.39 Å². The highest BCUT2D eigenvalue weighted by molar-refractivity contribution is 5.77. The molecule has 0 spiro atoms. The van der Waals surface area contributed by atoms with Gasteiger partial charge in [0.25, 0.3) is 5.91 Å². The lowest BCUT2D eigenvalue weighted by molar-refractivity contribution is -0.133. The van der Waals surface area contributed by atoms with Crippen LogP contribution in [0.2, 0.25) is 0 Å². The first-order chi connectivity index (χ1) is 16.5. The van der Waals surface area contributed by atoms with E-state index in [1.165, 1.54) is 18.7 Å². The minimum Gasteiger partial charge on any atom is -0.494 e. The van der Waals surface area contributed by atoms with Crippen LogP contribution in [0.25, 0.3) is 0 Å². The van der Waals surface area contributed by atoms with Gasteiger partial charge in [-0.25, -0.2) is 4.39 Å². The zero-order valence-electron chi connectivity index (χ0n) is 20.4. The molecular weight excluding hydrogens is 433 g/mol. The van der Waals surface area contributed by atoms with Crippen molar-refractivity contribution >= 4 is 5.91 Å². The number of carbonyl (C=O) groups is 1. The molecule has 1 heterocycles. The lowest BCUT2D eigenvalue weighted by Crippen LogP contribution is -2.47. The van der Waals surface area contributed by atoms with Crippen molar-refractivity contribution in [2.45, 2.75) is 44.2 Å². The summed E-state index contributed by atoms with van der Waals surface area (Å²) in [4.78, 5) is 16.5. The summed E-state index contributed by atoms with van der Waals surface area (Å²) in [6.45, 7) is 5.41. The molecule has 2 aromatic carbocycles. The van der Waals surface area contributed by atoms with Crippen LogP contribution < -0.4 is 14.8 Å². The molecule has 0 radical (unpaired) electrons. The number of nitrogens with one attached hydrogen (secondary N) is 1. The van der Waals surface area contributed by atoms with Crippen LogP contribution in [-0.2, 0) is 4.79 Å². The van der Waals surface area contributed by atoms with Crippen molar-refractivity contribution in [3.8, 4) is 11.5 Å². The van der Waals surface area contributed by atoms with Crippen molar-refractivity contribution in [1.82, 2.24) is 15.1 Å². The second kappa shape index (κ2) is 11.2. The Bertz CT molecular complexity index is 962. The molecule has 1 amide bonds. The molecular formula is C27H36FN3O3. The third-order valence-corrected chi connectivity index (χ3v) is 7.43. The summed E-state index contributed by atoms with van der Waals surface area (Å²) in [5.74, 6) is 1.23. The van der Waals surface area contributed by atoms with Crippen LogP contribution in [0.15, 0.2) is 42.5 Å². The molecule has 7 heteroatoms. The first-order valence-corrected chi connectivity index (χ1v) is 12.2. The van der Waals surface area contributed by atoms with Gasteiger partial charge < -0.3 is 19.7 Å². The van der Waals surface area contributed by atoms with Crippen molar-refractivity contribution in [1.29, 1.82) is 0 Å². The van der Waals surface area contributed by atoms with Crippen molar-refractivity contribution in [3.63, 3.8) is 0 Å². The van der Waals surface area contributed by atoms with Crippen molar-refractivity contribution in [3.05, 3.63) is 59.4 Å². The third kappa shape index (κ3) is 5.70. The summed E-state index contributed by atoms with van der Waals surface area (Å²) in [6, 6.07) is 14.0. The second-order valence-electron chi connectivity index (χ2n) is 9.39. The Hall–Kier alpha value is -2.64. The summed E-state index contributed by atoms with van der Waals surface area (Å²) in [6.07, 6.45) is 3.35. The van der Waals surface area contributed by atoms with Crippen LogP contribution in [0.1, 0.15) is 49.3 Å². The molecule has 3 unspecified atom stereocenters. The number of methoxy groups -OCH3 is 1. The van der Waals surface area contributed by atoms with Crippen LogP contribution in [0.5, 0.6) is 11.5 Å². The number of rotatable bonds is 8. The number of ether oxygens (including phenoxy) is 2. The molecule has 0 aromatic heterocycles. The topological polar surface area (TPSA) is 54.0 Å². The average Bonchev–Trinajstić information content (AvgIpc) is 3.38. The molecule has 0 bridgehead atoms. The molecule has 1 saturated carbocycles. The van der Waals surface area contributed by atoms with Gasteiger partial charge in [-0.1, -0.05) is 18.2 Å². The third-order valence-electron chi connectivity index (χ3n) is 7.43. The van der Waals surface area contributed by atoms with Gasteiger partial charge >= 0.3 is 0 Å². The SMILES string of the molecule is COc1cc(C(C)N(C)C2CCC(c3ccc(OCC(=O)N4CCNCC4)cc3)C2)ccc1F. The fraction of sp³-hybridized carbons (Fsp3) is 0.519. The van der Waals surface area contributed by atoms with Gasteiger partial charge in [0.1, 0.15) is 5.75 Å². The zero-order chi connectivity index (χ0) is 24.1.